The van der Waals surface area contributed by atoms with Gasteiger partial charge in [0.1, 0.15) is 10.0 Å². The summed E-state index contributed by atoms with van der Waals surface area (Å²) in [5, 5.41) is 20.7. The highest BCUT2D eigenvalue weighted by molar-refractivity contribution is 7.89. The number of nitrogens with zero attached hydrogens (tertiary/aromatic N) is 5. The Morgan fingerprint density at radius 1 is 1.17 bits per heavy atom. The van der Waals surface area contributed by atoms with E-state index in [1.165, 1.54) is 27.3 Å². The standard InChI is InChI=1S/C21H20Cl2N6O5S/c1-14-18(21(23)28(26-14)16-4-2-15(22)3-5-16)13-24-25-19-7-6-17(29(30)31)12-20(19)35(32,33)27-8-10-34-11-9-27/h2-7,12-13,25H,8-11H2,1H3/b24-13-. The molecular formula is C21H20Cl2N6O5S. The van der Waals surface area contributed by atoms with Crippen molar-refractivity contribution in [3.8, 4) is 5.69 Å². The Hall–Kier alpha value is -3.03. The molecule has 14 heteroatoms. The van der Waals surface area contributed by atoms with Crippen LogP contribution in [0.15, 0.2) is 52.5 Å². The number of rotatable bonds is 7. The fraction of sp³-hybridized carbons (Fsp3) is 0.238. The summed E-state index contributed by atoms with van der Waals surface area (Å²) in [6.45, 7) is 2.52. The van der Waals surface area contributed by atoms with E-state index in [-0.39, 0.29) is 42.6 Å². The first-order valence-corrected chi connectivity index (χ1v) is 12.5. The van der Waals surface area contributed by atoms with Crippen LogP contribution in [0, 0.1) is 17.0 Å². The van der Waals surface area contributed by atoms with Gasteiger partial charge in [0, 0.05) is 30.2 Å². The van der Waals surface area contributed by atoms with Gasteiger partial charge in [0.25, 0.3) is 5.69 Å². The average Bonchev–Trinajstić information content (AvgIpc) is 3.13. The van der Waals surface area contributed by atoms with Gasteiger partial charge in [-0.1, -0.05) is 23.2 Å². The number of ether oxygens (including phenoxy) is 1. The molecule has 1 saturated heterocycles. The number of nitro benzene ring substituents is 1. The molecule has 0 spiro atoms. The van der Waals surface area contributed by atoms with E-state index in [1.54, 1.807) is 31.2 Å². The summed E-state index contributed by atoms with van der Waals surface area (Å²) in [7, 11) is -4.04. The Bertz CT molecular complexity index is 1390. The number of aromatic nitrogens is 2. The molecule has 184 valence electrons. The zero-order valence-electron chi connectivity index (χ0n) is 18.4. The smallest absolute Gasteiger partial charge is 0.270 e. The van der Waals surface area contributed by atoms with E-state index in [1.807, 2.05) is 0 Å². The van der Waals surface area contributed by atoms with Crippen molar-refractivity contribution < 1.29 is 18.1 Å². The van der Waals surface area contributed by atoms with Crippen molar-refractivity contribution in [3.63, 3.8) is 0 Å². The number of nitro groups is 1. The van der Waals surface area contributed by atoms with Gasteiger partial charge in [0.15, 0.2) is 0 Å². The summed E-state index contributed by atoms with van der Waals surface area (Å²) >= 11 is 12.4. The lowest BCUT2D eigenvalue weighted by Crippen LogP contribution is -2.40. The maximum atomic E-state index is 13.2. The highest BCUT2D eigenvalue weighted by atomic mass is 35.5. The molecule has 3 aromatic rings. The molecule has 0 amide bonds. The van der Waals surface area contributed by atoms with Crippen LogP contribution in [0.25, 0.3) is 5.69 Å². The van der Waals surface area contributed by atoms with Gasteiger partial charge in [-0.3, -0.25) is 15.5 Å². The molecule has 35 heavy (non-hydrogen) atoms. The van der Waals surface area contributed by atoms with Gasteiger partial charge < -0.3 is 4.74 Å². The zero-order chi connectivity index (χ0) is 25.2. The van der Waals surface area contributed by atoms with Gasteiger partial charge in [-0.25, -0.2) is 13.1 Å². The lowest BCUT2D eigenvalue weighted by atomic mass is 10.3. The quantitative estimate of drug-likeness (QED) is 0.274. The number of sulfonamides is 1. The first-order valence-electron chi connectivity index (χ1n) is 10.3. The molecule has 0 atom stereocenters. The van der Waals surface area contributed by atoms with Crippen LogP contribution in [0.2, 0.25) is 10.2 Å². The normalized spacial score (nSPS) is 14.9. The molecular weight excluding hydrogens is 519 g/mol. The van der Waals surface area contributed by atoms with E-state index in [0.29, 0.717) is 27.1 Å². The predicted molar refractivity (Wildman–Crippen MR) is 132 cm³/mol. The van der Waals surface area contributed by atoms with Crippen LogP contribution < -0.4 is 5.43 Å². The Labute approximate surface area is 211 Å². The second-order valence-electron chi connectivity index (χ2n) is 7.50. The summed E-state index contributed by atoms with van der Waals surface area (Å²) in [5.74, 6) is 0. The second-order valence-corrected chi connectivity index (χ2v) is 10.2. The SMILES string of the molecule is Cc1nn(-c2ccc(Cl)cc2)c(Cl)c1/C=N\Nc1ccc([N+](=O)[O-])cc1S(=O)(=O)N1CCOCC1. The third kappa shape index (κ3) is 5.31. The van der Waals surface area contributed by atoms with Crippen LogP contribution >= 0.6 is 23.2 Å². The fourth-order valence-corrected chi connectivity index (χ4v) is 5.45. The van der Waals surface area contributed by atoms with Crippen molar-refractivity contribution in [2.75, 3.05) is 31.7 Å². The molecule has 1 aliphatic heterocycles. The number of non-ortho nitro benzene ring substituents is 1. The topological polar surface area (TPSA) is 132 Å². The van der Waals surface area contributed by atoms with Gasteiger partial charge in [-0.05, 0) is 37.3 Å². The number of hydrogen-bond acceptors (Lipinski definition) is 8. The Morgan fingerprint density at radius 2 is 1.86 bits per heavy atom. The van der Waals surface area contributed by atoms with Gasteiger partial charge in [0.2, 0.25) is 10.0 Å². The minimum atomic E-state index is -4.04. The average molecular weight is 539 g/mol. The van der Waals surface area contributed by atoms with E-state index in [2.05, 4.69) is 15.6 Å². The molecule has 0 aliphatic carbocycles. The number of hydrazone groups is 1. The number of aryl methyl sites for hydroxylation is 1. The Morgan fingerprint density at radius 3 is 2.51 bits per heavy atom. The van der Waals surface area contributed by atoms with Gasteiger partial charge in [-0.2, -0.15) is 14.5 Å². The number of halogens is 2. The summed E-state index contributed by atoms with van der Waals surface area (Å²) in [6.07, 6.45) is 1.41. The molecule has 1 N–H and O–H groups in total. The van der Waals surface area contributed by atoms with Crippen LogP contribution in [-0.4, -0.2) is 59.9 Å². The van der Waals surface area contributed by atoms with Gasteiger partial charge >= 0.3 is 0 Å². The lowest BCUT2D eigenvalue weighted by Gasteiger charge is -2.26. The molecule has 0 saturated carbocycles. The molecule has 0 radical (unpaired) electrons. The minimum Gasteiger partial charge on any atom is -0.379 e. The first kappa shape index (κ1) is 25.1. The monoisotopic (exact) mass is 538 g/mol. The van der Waals surface area contributed by atoms with Crippen molar-refractivity contribution in [2.45, 2.75) is 11.8 Å². The predicted octanol–water partition coefficient (Wildman–Crippen LogP) is 3.86. The molecule has 1 aliphatic rings. The van der Waals surface area contributed by atoms with Crippen LogP contribution in [0.3, 0.4) is 0 Å². The van der Waals surface area contributed by atoms with Crippen molar-refractivity contribution >= 4 is 50.8 Å². The first-order chi connectivity index (χ1) is 16.7. The molecule has 2 heterocycles. The van der Waals surface area contributed by atoms with Crippen molar-refractivity contribution in [3.05, 3.63) is 74.0 Å². The summed E-state index contributed by atoms with van der Waals surface area (Å²) in [5.41, 5.74) is 4.20. The van der Waals surface area contributed by atoms with Crippen molar-refractivity contribution in [2.24, 2.45) is 5.10 Å². The van der Waals surface area contributed by atoms with E-state index in [4.69, 9.17) is 27.9 Å². The van der Waals surface area contributed by atoms with Crippen molar-refractivity contribution in [1.29, 1.82) is 0 Å². The number of hydrogen-bond donors (Lipinski definition) is 1. The maximum absolute atomic E-state index is 13.2. The summed E-state index contributed by atoms with van der Waals surface area (Å²) in [6, 6.07) is 10.5. The lowest BCUT2D eigenvalue weighted by molar-refractivity contribution is -0.385. The van der Waals surface area contributed by atoms with E-state index < -0.39 is 14.9 Å². The molecule has 2 aromatic carbocycles. The largest absolute Gasteiger partial charge is 0.379 e. The number of morpholine rings is 1. The minimum absolute atomic E-state index is 0.0808. The molecule has 0 unspecified atom stereocenters. The molecule has 1 fully saturated rings. The van der Waals surface area contributed by atoms with Crippen LogP contribution in [0.4, 0.5) is 11.4 Å². The summed E-state index contributed by atoms with van der Waals surface area (Å²) in [4.78, 5) is 10.4. The van der Waals surface area contributed by atoms with E-state index in [9.17, 15) is 18.5 Å². The number of benzene rings is 2. The van der Waals surface area contributed by atoms with Crippen LogP contribution in [-0.2, 0) is 14.8 Å². The maximum Gasteiger partial charge on any atom is 0.270 e. The van der Waals surface area contributed by atoms with E-state index in [0.717, 1.165) is 6.07 Å². The fourth-order valence-electron chi connectivity index (χ4n) is 3.43. The third-order valence-corrected chi connectivity index (χ3v) is 7.82. The number of nitrogens with one attached hydrogen (secondary N) is 1. The highest BCUT2D eigenvalue weighted by Gasteiger charge is 2.30. The van der Waals surface area contributed by atoms with E-state index >= 15 is 0 Å². The molecule has 4 rings (SSSR count). The van der Waals surface area contributed by atoms with Gasteiger partial charge in [0.05, 0.1) is 47.0 Å². The molecule has 0 bridgehead atoms. The Kier molecular flexibility index (Phi) is 7.38. The second kappa shape index (κ2) is 10.3. The summed E-state index contributed by atoms with van der Waals surface area (Å²) < 4.78 is 34.4. The Balaban J connectivity index is 1.64. The van der Waals surface area contributed by atoms with Gasteiger partial charge in [-0.15, -0.1) is 0 Å². The van der Waals surface area contributed by atoms with Crippen LogP contribution in [0.1, 0.15) is 11.3 Å². The zero-order valence-corrected chi connectivity index (χ0v) is 20.7. The molecule has 11 nitrogen and oxygen atoms in total. The molecule has 1 aromatic heterocycles. The third-order valence-electron chi connectivity index (χ3n) is 5.26. The number of anilines is 1. The van der Waals surface area contributed by atoms with Crippen LogP contribution in [0.5, 0.6) is 0 Å². The van der Waals surface area contributed by atoms with Crippen molar-refractivity contribution in [1.82, 2.24) is 14.1 Å². The highest BCUT2D eigenvalue weighted by Crippen LogP contribution is 2.30.